The molecule has 14 heteroatoms. The fourth-order valence-electron chi connectivity index (χ4n) is 5.98. The third-order valence-electron chi connectivity index (χ3n) is 8.05. The molecule has 6 rings (SSSR count). The normalized spacial score (nSPS) is 21.0. The monoisotopic (exact) mass is 715 g/mol. The Morgan fingerprint density at radius 3 is 2.54 bits per heavy atom. The molecule has 2 unspecified atom stereocenters. The summed E-state index contributed by atoms with van der Waals surface area (Å²) in [5.74, 6) is 0.448. The maximum absolute atomic E-state index is 13.1. The van der Waals surface area contributed by atoms with Crippen LogP contribution in [0.25, 0.3) is 16.3 Å². The molecule has 1 aromatic heterocycles. The molecule has 2 heterocycles. The van der Waals surface area contributed by atoms with Crippen molar-refractivity contribution in [3.63, 3.8) is 0 Å². The summed E-state index contributed by atoms with van der Waals surface area (Å²) in [5.41, 5.74) is 0.253. The Kier molecular flexibility index (Phi) is 9.56. The van der Waals surface area contributed by atoms with Crippen molar-refractivity contribution in [2.45, 2.75) is 72.6 Å². The predicted molar refractivity (Wildman–Crippen MR) is 173 cm³/mol. The molecule has 46 heavy (non-hydrogen) atoms. The van der Waals surface area contributed by atoms with Crippen LogP contribution in [0.1, 0.15) is 44.5 Å². The average Bonchev–Trinajstić information content (AvgIpc) is 3.54. The van der Waals surface area contributed by atoms with E-state index in [2.05, 4.69) is 33.1 Å². The maximum atomic E-state index is 13.1. The smallest absolute Gasteiger partial charge is 0.335 e. The van der Waals surface area contributed by atoms with E-state index in [4.69, 9.17) is 0 Å². The number of benzene rings is 2. The van der Waals surface area contributed by atoms with Crippen LogP contribution in [-0.4, -0.2) is 22.6 Å². The number of rotatable bonds is 7. The molecule has 0 saturated carbocycles. The summed E-state index contributed by atoms with van der Waals surface area (Å²) in [6, 6.07) is 9.46. The first kappa shape index (κ1) is 33.4. The van der Waals surface area contributed by atoms with Crippen molar-refractivity contribution in [2.24, 2.45) is 5.92 Å². The van der Waals surface area contributed by atoms with Crippen LogP contribution < -0.4 is 9.47 Å². The molecule has 244 valence electrons. The van der Waals surface area contributed by atoms with E-state index < -0.39 is 22.7 Å². The number of thiazole rings is 1. The van der Waals surface area contributed by atoms with E-state index in [1.165, 1.54) is 35.0 Å². The third kappa shape index (κ3) is 7.15. The fraction of sp³-hybridized carbons (Fsp3) is 0.344. The lowest BCUT2D eigenvalue weighted by molar-refractivity contribution is -0.665. The highest BCUT2D eigenvalue weighted by atomic mass is 32.2. The second-order valence-electron chi connectivity index (χ2n) is 11.0. The zero-order chi connectivity index (χ0) is 32.8. The van der Waals surface area contributed by atoms with Crippen LogP contribution in [0.5, 0.6) is 0 Å². The van der Waals surface area contributed by atoms with Gasteiger partial charge in [-0.05, 0) is 98.6 Å². The molecule has 0 spiro atoms. The Morgan fingerprint density at radius 1 is 1.04 bits per heavy atom. The van der Waals surface area contributed by atoms with Gasteiger partial charge < -0.3 is 4.90 Å². The van der Waals surface area contributed by atoms with Gasteiger partial charge in [-0.3, -0.25) is 0 Å². The molecule has 3 aliphatic rings. The van der Waals surface area contributed by atoms with Crippen LogP contribution in [-0.2, 0) is 21.5 Å². The van der Waals surface area contributed by atoms with Gasteiger partial charge in [0.2, 0.25) is 5.52 Å². The highest BCUT2D eigenvalue weighted by Crippen LogP contribution is 2.48. The van der Waals surface area contributed by atoms with E-state index in [1.54, 1.807) is 29.5 Å². The van der Waals surface area contributed by atoms with E-state index in [9.17, 15) is 30.6 Å². The number of nitrogens with zero attached hydrogens (tertiary/aromatic N) is 2. The molecule has 2 aliphatic carbocycles. The van der Waals surface area contributed by atoms with Crippen molar-refractivity contribution in [2.75, 3.05) is 11.4 Å². The lowest BCUT2D eigenvalue weighted by atomic mass is 9.77. The Morgan fingerprint density at radius 2 is 1.83 bits per heavy atom. The van der Waals surface area contributed by atoms with Gasteiger partial charge in [0.1, 0.15) is 11.2 Å². The second-order valence-corrected chi connectivity index (χ2v) is 15.4. The highest BCUT2D eigenvalue weighted by molar-refractivity contribution is 8.03. The van der Waals surface area contributed by atoms with Crippen molar-refractivity contribution >= 4 is 67.9 Å². The number of thioether (sulfide) groups is 1. The zero-order valence-corrected chi connectivity index (χ0v) is 28.0. The van der Waals surface area contributed by atoms with E-state index >= 15 is 0 Å². The molecule has 3 aromatic rings. The first-order valence-electron chi connectivity index (χ1n) is 14.6. The summed E-state index contributed by atoms with van der Waals surface area (Å²) < 4.78 is 96.0. The number of alkyl halides is 6. The Balaban J connectivity index is 1.26. The minimum Gasteiger partial charge on any atom is -0.335 e. The predicted octanol–water partition coefficient (Wildman–Crippen LogP) is 10.3. The number of aryl methyl sites for hydroxylation is 1. The first-order valence-corrected chi connectivity index (χ1v) is 18.2. The third-order valence-corrected chi connectivity index (χ3v) is 12.1. The van der Waals surface area contributed by atoms with Crippen molar-refractivity contribution in [3.05, 3.63) is 81.4 Å². The molecule has 0 N–H and O–H groups in total. The van der Waals surface area contributed by atoms with Crippen LogP contribution in [0.3, 0.4) is 0 Å². The molecule has 2 aromatic carbocycles. The molecular formula is C32H29F6N2O2S4+. The molecule has 4 nitrogen and oxygen atoms in total. The molecule has 2 atom stereocenters. The van der Waals surface area contributed by atoms with Gasteiger partial charge in [0.25, 0.3) is 5.01 Å². The quantitative estimate of drug-likeness (QED) is 0.138. The Bertz CT molecular complexity index is 1820. The number of anilines is 1. The summed E-state index contributed by atoms with van der Waals surface area (Å²) in [4.78, 5) is 2.92. The number of allylic oxidation sites excluding steroid dienone is 6. The van der Waals surface area contributed by atoms with E-state index in [0.717, 1.165) is 56.4 Å². The summed E-state index contributed by atoms with van der Waals surface area (Å²) >= 11 is 3.40. The fourth-order valence-corrected chi connectivity index (χ4v) is 9.50. The van der Waals surface area contributed by atoms with Crippen molar-refractivity contribution in [1.29, 1.82) is 0 Å². The van der Waals surface area contributed by atoms with Crippen molar-refractivity contribution < 1.29 is 39.3 Å². The number of aromatic nitrogens is 1. The van der Waals surface area contributed by atoms with Crippen LogP contribution in [0.4, 0.5) is 32.0 Å². The van der Waals surface area contributed by atoms with Crippen LogP contribution in [0, 0.1) is 5.92 Å². The van der Waals surface area contributed by atoms with E-state index in [0.29, 0.717) is 41.6 Å². The maximum Gasteiger partial charge on any atom is 0.533 e. The van der Waals surface area contributed by atoms with Gasteiger partial charge in [-0.15, -0.1) is 13.2 Å². The number of halogens is 6. The Labute approximate surface area is 277 Å². The van der Waals surface area contributed by atoms with E-state index in [1.807, 2.05) is 24.8 Å². The number of fused-ring (bicyclic) bond motifs is 3. The average molecular weight is 716 g/mol. The zero-order valence-electron chi connectivity index (χ0n) is 24.7. The van der Waals surface area contributed by atoms with Gasteiger partial charge in [0, 0.05) is 40.5 Å². The number of hydrogen-bond donors (Lipinski definition) is 0. The van der Waals surface area contributed by atoms with Gasteiger partial charge in [-0.1, -0.05) is 35.3 Å². The molecular weight excluding hydrogens is 687 g/mol. The molecule has 0 fully saturated rings. The molecule has 0 saturated heterocycles. The summed E-state index contributed by atoms with van der Waals surface area (Å²) in [6.07, 6.45) is 7.86. The SMILES string of the molecule is CCN1/C(=C/C2=CC3=C/C(=C/c4sc5ccc(SOC(F)(F)F)cc5[n+]4CC)CCC3CC2)Sc2ccc(S(=O)C(F)(F)F)cc21. The Hall–Kier alpha value is -2.52. The summed E-state index contributed by atoms with van der Waals surface area (Å²) in [6.45, 7) is 5.16. The van der Waals surface area contributed by atoms with Crippen molar-refractivity contribution in [3.8, 4) is 0 Å². The van der Waals surface area contributed by atoms with E-state index in [-0.39, 0.29) is 4.90 Å². The first-order chi connectivity index (χ1) is 21.8. The minimum absolute atomic E-state index is 0.254. The molecule has 1 aliphatic heterocycles. The van der Waals surface area contributed by atoms with Crippen LogP contribution >= 0.6 is 35.1 Å². The highest BCUT2D eigenvalue weighted by Gasteiger charge is 2.39. The van der Waals surface area contributed by atoms with Gasteiger partial charge in [-0.25, -0.2) is 8.39 Å². The lowest BCUT2D eigenvalue weighted by Crippen LogP contribution is -2.33. The second kappa shape index (κ2) is 13.2. The minimum atomic E-state index is -4.81. The standard InChI is InChI=1S/C32H29F6N2O2S4/c1-3-39-25-17-23(45-42-31(33,34)35)9-11-27(25)43-29(39)15-19-5-7-21-8-6-20(14-22(21)13-19)16-30-40(4-2)26-18-24(10-12-28(26)44-30)46(41)32(36,37)38/h9-18,21H,3-8H2,1-2H3/q+1. The molecule has 0 bridgehead atoms. The van der Waals surface area contributed by atoms with Crippen LogP contribution in [0.2, 0.25) is 0 Å². The molecule has 0 amide bonds. The number of hydrogen-bond acceptors (Lipinski definition) is 6. The van der Waals surface area contributed by atoms with Gasteiger partial charge in [-0.2, -0.15) is 17.7 Å². The van der Waals surface area contributed by atoms with Gasteiger partial charge >= 0.3 is 11.9 Å². The van der Waals surface area contributed by atoms with Gasteiger partial charge in [0.15, 0.2) is 10.8 Å². The largest absolute Gasteiger partial charge is 0.533 e. The van der Waals surface area contributed by atoms with Gasteiger partial charge in [0.05, 0.1) is 15.6 Å². The van der Waals surface area contributed by atoms with Crippen LogP contribution in [0.15, 0.2) is 91.1 Å². The lowest BCUT2D eigenvalue weighted by Gasteiger charge is -2.28. The topological polar surface area (TPSA) is 33.4 Å². The molecule has 0 radical (unpaired) electrons. The van der Waals surface area contributed by atoms with Crippen molar-refractivity contribution in [1.82, 2.24) is 0 Å². The summed E-state index contributed by atoms with van der Waals surface area (Å²) in [5, 5.41) is 1.95. The summed E-state index contributed by atoms with van der Waals surface area (Å²) in [7, 11) is -3.09.